The van der Waals surface area contributed by atoms with Crippen LogP contribution < -0.4 is 5.32 Å². The first-order valence-electron chi connectivity index (χ1n) is 7.47. The van der Waals surface area contributed by atoms with Gasteiger partial charge in [-0.25, -0.2) is 8.78 Å². The minimum atomic E-state index is -0.884. The van der Waals surface area contributed by atoms with Crippen molar-refractivity contribution < 1.29 is 13.6 Å². The molecular formula is C16H22F2N2O. The van der Waals surface area contributed by atoms with Gasteiger partial charge in [0.05, 0.1) is 6.04 Å². The van der Waals surface area contributed by atoms with Crippen molar-refractivity contribution in [3.63, 3.8) is 0 Å². The molecular weight excluding hydrogens is 274 g/mol. The summed E-state index contributed by atoms with van der Waals surface area (Å²) in [7, 11) is 0. The molecule has 1 aromatic carbocycles. The van der Waals surface area contributed by atoms with E-state index in [1.54, 1.807) is 4.90 Å². The number of carbonyl (C=O) groups is 1. The number of nitrogens with zero attached hydrogens (tertiary/aromatic N) is 1. The fraction of sp³-hybridized carbons (Fsp3) is 0.562. The molecule has 0 saturated carbocycles. The van der Waals surface area contributed by atoms with E-state index >= 15 is 0 Å². The first kappa shape index (κ1) is 15.9. The molecule has 2 rings (SSSR count). The maximum absolute atomic E-state index is 13.5. The maximum atomic E-state index is 13.5. The summed E-state index contributed by atoms with van der Waals surface area (Å²) >= 11 is 0. The SMILES string of the molecule is CCCCN1C(=O)C(C(C)C)NC1c1ccc(F)c(F)c1. The van der Waals surface area contributed by atoms with Crippen LogP contribution in [0, 0.1) is 17.6 Å². The van der Waals surface area contributed by atoms with Gasteiger partial charge in [-0.3, -0.25) is 10.1 Å². The Bertz CT molecular complexity index is 519. The molecule has 1 aliphatic rings. The molecule has 0 radical (unpaired) electrons. The Morgan fingerprint density at radius 1 is 1.29 bits per heavy atom. The second kappa shape index (κ2) is 6.52. The molecule has 2 unspecified atom stereocenters. The first-order chi connectivity index (χ1) is 9.95. The van der Waals surface area contributed by atoms with Crippen LogP contribution in [-0.4, -0.2) is 23.4 Å². The van der Waals surface area contributed by atoms with Crippen LogP contribution in [0.5, 0.6) is 0 Å². The molecule has 1 saturated heterocycles. The number of nitrogens with one attached hydrogen (secondary N) is 1. The quantitative estimate of drug-likeness (QED) is 0.905. The smallest absolute Gasteiger partial charge is 0.241 e. The van der Waals surface area contributed by atoms with Crippen LogP contribution in [0.25, 0.3) is 0 Å². The van der Waals surface area contributed by atoms with Crippen molar-refractivity contribution in [3.8, 4) is 0 Å². The fourth-order valence-electron chi connectivity index (χ4n) is 2.64. The van der Waals surface area contributed by atoms with Crippen molar-refractivity contribution in [2.75, 3.05) is 6.54 Å². The summed E-state index contributed by atoms with van der Waals surface area (Å²) in [5.41, 5.74) is 0.585. The molecule has 0 aromatic heterocycles. The van der Waals surface area contributed by atoms with Gasteiger partial charge in [0.1, 0.15) is 6.17 Å². The highest BCUT2D eigenvalue weighted by Crippen LogP contribution is 2.29. The van der Waals surface area contributed by atoms with Gasteiger partial charge < -0.3 is 4.90 Å². The summed E-state index contributed by atoms with van der Waals surface area (Å²) in [6.07, 6.45) is 1.48. The van der Waals surface area contributed by atoms with Crippen LogP contribution in [0.4, 0.5) is 8.78 Å². The first-order valence-corrected chi connectivity index (χ1v) is 7.47. The molecule has 0 aliphatic carbocycles. The predicted octanol–water partition coefficient (Wildman–Crippen LogP) is 3.22. The van der Waals surface area contributed by atoms with Gasteiger partial charge in [0.25, 0.3) is 0 Å². The molecule has 1 heterocycles. The van der Waals surface area contributed by atoms with Crippen LogP contribution in [0.1, 0.15) is 45.3 Å². The lowest BCUT2D eigenvalue weighted by Gasteiger charge is -2.24. The minimum absolute atomic E-state index is 0.0354. The summed E-state index contributed by atoms with van der Waals surface area (Å²) in [5, 5.41) is 3.25. The van der Waals surface area contributed by atoms with Crippen molar-refractivity contribution in [1.82, 2.24) is 10.2 Å². The van der Waals surface area contributed by atoms with Crippen molar-refractivity contribution in [2.45, 2.75) is 45.8 Å². The zero-order valence-electron chi connectivity index (χ0n) is 12.7. The fourth-order valence-corrected chi connectivity index (χ4v) is 2.64. The second-order valence-electron chi connectivity index (χ2n) is 5.85. The molecule has 0 bridgehead atoms. The molecule has 21 heavy (non-hydrogen) atoms. The van der Waals surface area contributed by atoms with Crippen LogP contribution in [0.15, 0.2) is 18.2 Å². The number of rotatable bonds is 5. The zero-order chi connectivity index (χ0) is 15.6. The number of benzene rings is 1. The molecule has 5 heteroatoms. The molecule has 3 nitrogen and oxygen atoms in total. The van der Waals surface area contributed by atoms with Crippen LogP contribution in [-0.2, 0) is 4.79 Å². The third-order valence-corrected chi connectivity index (χ3v) is 3.88. The maximum Gasteiger partial charge on any atom is 0.241 e. The molecule has 1 amide bonds. The third kappa shape index (κ3) is 3.23. The zero-order valence-corrected chi connectivity index (χ0v) is 12.7. The van der Waals surface area contributed by atoms with Gasteiger partial charge in [0, 0.05) is 6.54 Å². The monoisotopic (exact) mass is 296 g/mol. The highest BCUT2D eigenvalue weighted by atomic mass is 19.2. The Morgan fingerprint density at radius 2 is 2.00 bits per heavy atom. The van der Waals surface area contributed by atoms with Gasteiger partial charge in [-0.05, 0) is 30.0 Å². The standard InChI is InChI=1S/C16H22F2N2O/c1-4-5-8-20-15(19-14(10(2)3)16(20)21)11-6-7-12(17)13(18)9-11/h6-7,9-10,14-15,19H,4-5,8H2,1-3H3. The summed E-state index contributed by atoms with van der Waals surface area (Å²) in [6.45, 7) is 6.62. The average molecular weight is 296 g/mol. The van der Waals surface area contributed by atoms with Gasteiger partial charge in [-0.15, -0.1) is 0 Å². The molecule has 2 atom stereocenters. The Balaban J connectivity index is 2.29. The van der Waals surface area contributed by atoms with E-state index in [2.05, 4.69) is 12.2 Å². The third-order valence-electron chi connectivity index (χ3n) is 3.88. The van der Waals surface area contributed by atoms with Gasteiger partial charge in [0.2, 0.25) is 5.91 Å². The van der Waals surface area contributed by atoms with Crippen LogP contribution >= 0.6 is 0 Å². The van der Waals surface area contributed by atoms with Gasteiger partial charge in [0.15, 0.2) is 11.6 Å². The lowest BCUT2D eigenvalue weighted by atomic mass is 10.0. The molecule has 1 fully saturated rings. The Morgan fingerprint density at radius 3 is 2.57 bits per heavy atom. The van der Waals surface area contributed by atoms with E-state index in [1.807, 2.05) is 13.8 Å². The van der Waals surface area contributed by atoms with E-state index < -0.39 is 11.6 Å². The number of amides is 1. The minimum Gasteiger partial charge on any atom is -0.322 e. The second-order valence-corrected chi connectivity index (χ2v) is 5.85. The summed E-state index contributed by atoms with van der Waals surface area (Å²) in [4.78, 5) is 14.2. The van der Waals surface area contributed by atoms with Crippen molar-refractivity contribution in [1.29, 1.82) is 0 Å². The van der Waals surface area contributed by atoms with Crippen molar-refractivity contribution >= 4 is 5.91 Å². The number of carbonyl (C=O) groups excluding carboxylic acids is 1. The molecule has 1 aliphatic heterocycles. The van der Waals surface area contributed by atoms with E-state index in [9.17, 15) is 13.6 Å². The number of hydrogen-bond acceptors (Lipinski definition) is 2. The summed E-state index contributed by atoms with van der Waals surface area (Å²) in [6, 6.07) is 3.53. The molecule has 0 spiro atoms. The van der Waals surface area contributed by atoms with E-state index in [1.165, 1.54) is 12.1 Å². The lowest BCUT2D eigenvalue weighted by molar-refractivity contribution is -0.130. The summed E-state index contributed by atoms with van der Waals surface area (Å²) < 4.78 is 26.5. The number of halogens is 2. The van der Waals surface area contributed by atoms with E-state index in [4.69, 9.17) is 0 Å². The van der Waals surface area contributed by atoms with E-state index in [-0.39, 0.29) is 24.0 Å². The van der Waals surface area contributed by atoms with Gasteiger partial charge in [-0.2, -0.15) is 0 Å². The van der Waals surface area contributed by atoms with Crippen molar-refractivity contribution in [3.05, 3.63) is 35.4 Å². The molecule has 1 N–H and O–H groups in total. The number of hydrogen-bond donors (Lipinski definition) is 1. The normalized spacial score (nSPS) is 22.4. The highest BCUT2D eigenvalue weighted by Gasteiger charge is 2.40. The Labute approximate surface area is 124 Å². The predicted molar refractivity (Wildman–Crippen MR) is 77.5 cm³/mol. The van der Waals surface area contributed by atoms with Crippen molar-refractivity contribution in [2.24, 2.45) is 5.92 Å². The topological polar surface area (TPSA) is 32.3 Å². The van der Waals surface area contributed by atoms with Crippen LogP contribution in [0.2, 0.25) is 0 Å². The Kier molecular flexibility index (Phi) is 4.93. The Hall–Kier alpha value is -1.49. The van der Waals surface area contributed by atoms with Gasteiger partial charge >= 0.3 is 0 Å². The van der Waals surface area contributed by atoms with Crippen LogP contribution in [0.3, 0.4) is 0 Å². The largest absolute Gasteiger partial charge is 0.322 e. The highest BCUT2D eigenvalue weighted by molar-refractivity contribution is 5.84. The summed E-state index contributed by atoms with van der Waals surface area (Å²) in [5.74, 6) is -1.57. The van der Waals surface area contributed by atoms with E-state index in [0.29, 0.717) is 12.1 Å². The number of unbranched alkanes of at least 4 members (excludes halogenated alkanes) is 1. The van der Waals surface area contributed by atoms with E-state index in [0.717, 1.165) is 18.9 Å². The average Bonchev–Trinajstić information content (AvgIpc) is 2.77. The van der Waals surface area contributed by atoms with Gasteiger partial charge in [-0.1, -0.05) is 33.3 Å². The lowest BCUT2D eigenvalue weighted by Crippen LogP contribution is -2.34. The molecule has 116 valence electrons. The molecule has 1 aromatic rings.